The van der Waals surface area contributed by atoms with Crippen LogP contribution in [-0.4, -0.2) is 35.8 Å². The molecule has 2 aromatic carbocycles. The Kier molecular flexibility index (Phi) is 6.15. The maximum atomic E-state index is 13.4. The van der Waals surface area contributed by atoms with Gasteiger partial charge in [-0.2, -0.15) is 0 Å². The van der Waals surface area contributed by atoms with Crippen LogP contribution in [0.4, 0.5) is 11.5 Å². The molecule has 0 amide bonds. The van der Waals surface area contributed by atoms with Crippen LogP contribution >= 0.6 is 0 Å². The van der Waals surface area contributed by atoms with Crippen LogP contribution in [0.25, 0.3) is 5.70 Å². The quantitative estimate of drug-likeness (QED) is 0.590. The van der Waals surface area contributed by atoms with E-state index in [4.69, 9.17) is 4.74 Å². The van der Waals surface area contributed by atoms with E-state index >= 15 is 0 Å². The summed E-state index contributed by atoms with van der Waals surface area (Å²) >= 11 is 0. The zero-order chi connectivity index (χ0) is 24.6. The van der Waals surface area contributed by atoms with Crippen molar-refractivity contribution in [2.75, 3.05) is 30.9 Å². The Bertz CT molecular complexity index is 1380. The zero-order valence-electron chi connectivity index (χ0n) is 20.0. The van der Waals surface area contributed by atoms with Crippen LogP contribution in [-0.2, 0) is 23.6 Å². The molecule has 0 bridgehead atoms. The molecule has 1 atom stereocenters. The molecule has 176 valence electrons. The van der Waals surface area contributed by atoms with Crippen LogP contribution in [0.5, 0.6) is 0 Å². The molecular formula is C26H28N4O4. The van der Waals surface area contributed by atoms with E-state index in [9.17, 15) is 14.4 Å². The van der Waals surface area contributed by atoms with E-state index in [1.165, 1.54) is 11.6 Å². The average Bonchev–Trinajstić information content (AvgIpc) is 2.85. The molecule has 34 heavy (non-hydrogen) atoms. The molecule has 1 N–H and O–H groups in total. The molecule has 4 rings (SSSR count). The van der Waals surface area contributed by atoms with E-state index in [0.29, 0.717) is 22.7 Å². The van der Waals surface area contributed by atoms with Crippen molar-refractivity contribution in [2.24, 2.45) is 14.1 Å². The van der Waals surface area contributed by atoms with Crippen molar-refractivity contribution in [3.05, 3.63) is 97.7 Å². The minimum Gasteiger partial charge on any atom is -0.463 e. The number of aromatic nitrogens is 2. The van der Waals surface area contributed by atoms with Crippen LogP contribution in [0, 0.1) is 0 Å². The van der Waals surface area contributed by atoms with Gasteiger partial charge in [0.15, 0.2) is 0 Å². The van der Waals surface area contributed by atoms with Crippen molar-refractivity contribution in [3.63, 3.8) is 0 Å². The highest BCUT2D eigenvalue weighted by Crippen LogP contribution is 2.43. The van der Waals surface area contributed by atoms with Crippen molar-refractivity contribution in [3.8, 4) is 0 Å². The van der Waals surface area contributed by atoms with E-state index < -0.39 is 23.1 Å². The fourth-order valence-corrected chi connectivity index (χ4v) is 4.32. The number of nitrogens with one attached hydrogen (secondary N) is 1. The molecule has 2 heterocycles. The van der Waals surface area contributed by atoms with E-state index in [1.807, 2.05) is 73.6 Å². The lowest BCUT2D eigenvalue weighted by Gasteiger charge is -2.32. The van der Waals surface area contributed by atoms with Gasteiger partial charge in [-0.25, -0.2) is 9.59 Å². The summed E-state index contributed by atoms with van der Waals surface area (Å²) in [6.45, 7) is 1.93. The molecule has 0 aliphatic carbocycles. The van der Waals surface area contributed by atoms with Gasteiger partial charge in [-0.3, -0.25) is 13.9 Å². The fraction of sp³-hybridized carbons (Fsp3) is 0.269. The predicted molar refractivity (Wildman–Crippen MR) is 133 cm³/mol. The molecule has 0 radical (unpaired) electrons. The lowest BCUT2D eigenvalue weighted by molar-refractivity contribution is -0.138. The molecule has 0 saturated carbocycles. The van der Waals surface area contributed by atoms with Crippen LogP contribution in [0.2, 0.25) is 0 Å². The molecule has 1 aromatic heterocycles. The maximum Gasteiger partial charge on any atom is 0.337 e. The third-order valence-corrected chi connectivity index (χ3v) is 6.09. The van der Waals surface area contributed by atoms with Crippen LogP contribution in [0.3, 0.4) is 0 Å². The van der Waals surface area contributed by atoms with Gasteiger partial charge in [0.2, 0.25) is 0 Å². The first kappa shape index (κ1) is 23.1. The number of carbonyl (C=O) groups excluding carboxylic acids is 1. The van der Waals surface area contributed by atoms with Gasteiger partial charge in [0.25, 0.3) is 5.56 Å². The van der Waals surface area contributed by atoms with E-state index in [-0.39, 0.29) is 6.61 Å². The first-order valence-electron chi connectivity index (χ1n) is 11.1. The number of nitrogens with zero attached hydrogens (tertiary/aromatic N) is 3. The summed E-state index contributed by atoms with van der Waals surface area (Å²) in [4.78, 5) is 41.6. The largest absolute Gasteiger partial charge is 0.463 e. The second-order valence-electron chi connectivity index (χ2n) is 8.39. The number of hydrogen-bond donors (Lipinski definition) is 1. The summed E-state index contributed by atoms with van der Waals surface area (Å²) in [6.07, 6.45) is 0. The lowest BCUT2D eigenvalue weighted by Crippen LogP contribution is -2.43. The Morgan fingerprint density at radius 3 is 2.24 bits per heavy atom. The smallest absolute Gasteiger partial charge is 0.337 e. The highest BCUT2D eigenvalue weighted by Gasteiger charge is 2.38. The third kappa shape index (κ3) is 3.81. The first-order valence-corrected chi connectivity index (χ1v) is 11.1. The monoisotopic (exact) mass is 460 g/mol. The number of rotatable bonds is 5. The molecule has 0 fully saturated rings. The first-order chi connectivity index (χ1) is 16.3. The van der Waals surface area contributed by atoms with Gasteiger partial charge >= 0.3 is 11.7 Å². The highest BCUT2D eigenvalue weighted by atomic mass is 16.5. The summed E-state index contributed by atoms with van der Waals surface area (Å²) in [6, 6.07) is 17.0. The van der Waals surface area contributed by atoms with Gasteiger partial charge in [-0.15, -0.1) is 0 Å². The summed E-state index contributed by atoms with van der Waals surface area (Å²) in [7, 11) is 6.94. The number of fused-ring (bicyclic) bond motifs is 1. The van der Waals surface area contributed by atoms with Gasteiger partial charge in [0, 0.05) is 33.9 Å². The van der Waals surface area contributed by atoms with Crippen molar-refractivity contribution < 1.29 is 9.53 Å². The topological polar surface area (TPSA) is 85.6 Å². The summed E-state index contributed by atoms with van der Waals surface area (Å²) < 4.78 is 7.94. The van der Waals surface area contributed by atoms with Crippen molar-refractivity contribution in [1.29, 1.82) is 0 Å². The van der Waals surface area contributed by atoms with Gasteiger partial charge in [-0.1, -0.05) is 42.5 Å². The molecule has 0 saturated heterocycles. The summed E-state index contributed by atoms with van der Waals surface area (Å²) in [5.74, 6) is -0.883. The number of carbonyl (C=O) groups is 1. The number of benzene rings is 2. The van der Waals surface area contributed by atoms with Crippen LogP contribution in [0.15, 0.2) is 69.8 Å². The average molecular weight is 461 g/mol. The Labute approximate surface area is 197 Å². The molecule has 0 spiro atoms. The van der Waals surface area contributed by atoms with Crippen molar-refractivity contribution in [1.82, 2.24) is 9.13 Å². The molecule has 8 nitrogen and oxygen atoms in total. The molecule has 1 aliphatic heterocycles. The second kappa shape index (κ2) is 9.05. The molecular weight excluding hydrogens is 432 g/mol. The van der Waals surface area contributed by atoms with Gasteiger partial charge in [0.05, 0.1) is 29.4 Å². The Morgan fingerprint density at radius 1 is 1.00 bits per heavy atom. The number of ether oxygens (including phenoxy) is 1. The van der Waals surface area contributed by atoms with Crippen molar-refractivity contribution >= 4 is 23.2 Å². The number of anilines is 2. The summed E-state index contributed by atoms with van der Waals surface area (Å²) in [5, 5.41) is 3.23. The minimum atomic E-state index is -0.729. The van der Waals surface area contributed by atoms with Gasteiger partial charge in [0.1, 0.15) is 5.82 Å². The SMILES string of the molecule is CCOC(=O)C1=C(c2ccccc2)Nc2c(c(=O)n(C)c(=O)n2C)C1c1ccc(N(C)C)cc1. The second-order valence-corrected chi connectivity index (χ2v) is 8.39. The maximum absolute atomic E-state index is 13.4. The predicted octanol–water partition coefficient (Wildman–Crippen LogP) is 2.68. The van der Waals surface area contributed by atoms with E-state index in [2.05, 4.69) is 5.32 Å². The van der Waals surface area contributed by atoms with Gasteiger partial charge in [-0.05, 0) is 30.2 Å². The van der Waals surface area contributed by atoms with Crippen molar-refractivity contribution in [2.45, 2.75) is 12.8 Å². The Morgan fingerprint density at radius 2 is 1.65 bits per heavy atom. The molecule has 3 aromatic rings. The highest BCUT2D eigenvalue weighted by molar-refractivity contribution is 6.04. The standard InChI is InChI=1S/C26H28N4O4/c1-6-34-25(32)20-19(16-12-14-18(15-13-16)28(2)3)21-23(29(4)26(33)30(5)24(21)31)27-22(20)17-10-8-7-9-11-17/h7-15,19,27H,6H2,1-5H3. The zero-order valence-corrected chi connectivity index (χ0v) is 20.0. The van der Waals surface area contributed by atoms with Crippen LogP contribution in [0.1, 0.15) is 29.5 Å². The summed E-state index contributed by atoms with van der Waals surface area (Å²) in [5.41, 5.74) is 2.73. The van der Waals surface area contributed by atoms with Gasteiger partial charge < -0.3 is 15.0 Å². The molecule has 1 aliphatic rings. The van der Waals surface area contributed by atoms with E-state index in [1.54, 1.807) is 14.0 Å². The minimum absolute atomic E-state index is 0.189. The Hall–Kier alpha value is -4.07. The number of hydrogen-bond acceptors (Lipinski definition) is 6. The van der Waals surface area contributed by atoms with Crippen LogP contribution < -0.4 is 21.5 Å². The normalized spacial score (nSPS) is 14.9. The third-order valence-electron chi connectivity index (χ3n) is 6.09. The molecule has 1 unspecified atom stereocenters. The Balaban J connectivity index is 2.10. The van der Waals surface area contributed by atoms with E-state index in [0.717, 1.165) is 21.4 Å². The number of esters is 1. The fourth-order valence-electron chi connectivity index (χ4n) is 4.32. The lowest BCUT2D eigenvalue weighted by atomic mass is 9.80. The molecule has 8 heteroatoms.